The van der Waals surface area contributed by atoms with Gasteiger partial charge in [-0.2, -0.15) is 4.99 Å². The van der Waals surface area contributed by atoms with Crippen LogP contribution in [0.15, 0.2) is 76.6 Å². The SMILES string of the molecule is CCOCCn1c(=NC(=O)c2ccc(NS(=O)(=O)c3ccc(F)cc3)cc2)sc2cc(OCC)ccc21. The van der Waals surface area contributed by atoms with Crippen molar-refractivity contribution in [3.05, 3.63) is 82.9 Å². The van der Waals surface area contributed by atoms with E-state index in [1.54, 1.807) is 0 Å². The van der Waals surface area contributed by atoms with Crippen LogP contribution >= 0.6 is 11.3 Å². The standard InChI is InChI=1S/C26H26FN3O5S2/c1-3-34-16-15-30-23-14-11-21(35-4-2)17-24(23)36-26(30)28-25(31)18-5-9-20(10-6-18)29-37(32,33)22-12-7-19(27)8-13-22/h5-14,17,29H,3-4,15-16H2,1-2H3. The fourth-order valence-electron chi connectivity index (χ4n) is 3.57. The van der Waals surface area contributed by atoms with E-state index in [2.05, 4.69) is 9.71 Å². The molecule has 3 aromatic carbocycles. The lowest BCUT2D eigenvalue weighted by atomic mass is 10.2. The van der Waals surface area contributed by atoms with E-state index >= 15 is 0 Å². The van der Waals surface area contributed by atoms with Crippen LogP contribution in [0.2, 0.25) is 0 Å². The van der Waals surface area contributed by atoms with Crippen LogP contribution in [0.4, 0.5) is 10.1 Å². The second-order valence-corrected chi connectivity index (χ2v) is 10.5. The molecular weight excluding hydrogens is 517 g/mol. The first-order chi connectivity index (χ1) is 17.8. The van der Waals surface area contributed by atoms with Gasteiger partial charge >= 0.3 is 0 Å². The van der Waals surface area contributed by atoms with Crippen LogP contribution in [0, 0.1) is 5.82 Å². The van der Waals surface area contributed by atoms with Gasteiger partial charge in [-0.05, 0) is 80.6 Å². The highest BCUT2D eigenvalue weighted by Crippen LogP contribution is 2.24. The summed E-state index contributed by atoms with van der Waals surface area (Å²) in [5.74, 6) is -0.252. The van der Waals surface area contributed by atoms with Crippen molar-refractivity contribution in [2.45, 2.75) is 25.3 Å². The highest BCUT2D eigenvalue weighted by atomic mass is 32.2. The number of anilines is 1. The minimum absolute atomic E-state index is 0.0714. The molecule has 0 aliphatic rings. The maximum absolute atomic E-state index is 13.1. The maximum Gasteiger partial charge on any atom is 0.279 e. The molecule has 0 spiro atoms. The number of carbonyl (C=O) groups excluding carboxylic acids is 1. The second-order valence-electron chi connectivity index (χ2n) is 7.85. The van der Waals surface area contributed by atoms with Crippen molar-refractivity contribution < 1.29 is 27.1 Å². The van der Waals surface area contributed by atoms with Crippen LogP contribution in [0.1, 0.15) is 24.2 Å². The van der Waals surface area contributed by atoms with E-state index in [0.29, 0.717) is 36.7 Å². The van der Waals surface area contributed by atoms with E-state index in [4.69, 9.17) is 9.47 Å². The molecule has 1 heterocycles. The fraction of sp³-hybridized carbons (Fsp3) is 0.231. The third kappa shape index (κ3) is 6.43. The monoisotopic (exact) mass is 543 g/mol. The number of nitrogens with zero attached hydrogens (tertiary/aromatic N) is 2. The quantitative estimate of drug-likeness (QED) is 0.289. The van der Waals surface area contributed by atoms with Gasteiger partial charge in [0.2, 0.25) is 0 Å². The van der Waals surface area contributed by atoms with Gasteiger partial charge in [-0.3, -0.25) is 9.52 Å². The molecule has 0 aliphatic heterocycles. The smallest absolute Gasteiger partial charge is 0.279 e. The Morgan fingerprint density at radius 3 is 2.43 bits per heavy atom. The Morgan fingerprint density at radius 2 is 1.76 bits per heavy atom. The van der Waals surface area contributed by atoms with Gasteiger partial charge in [0.25, 0.3) is 15.9 Å². The highest BCUT2D eigenvalue weighted by Gasteiger charge is 2.15. The van der Waals surface area contributed by atoms with E-state index in [0.717, 1.165) is 28.1 Å². The van der Waals surface area contributed by atoms with Crippen LogP contribution in [0.3, 0.4) is 0 Å². The van der Waals surface area contributed by atoms with Crippen LogP contribution in [-0.2, 0) is 21.3 Å². The van der Waals surface area contributed by atoms with Gasteiger partial charge in [0, 0.05) is 24.4 Å². The van der Waals surface area contributed by atoms with Crippen molar-refractivity contribution in [2.75, 3.05) is 24.5 Å². The van der Waals surface area contributed by atoms with Crippen molar-refractivity contribution in [3.8, 4) is 5.75 Å². The third-order valence-corrected chi connectivity index (χ3v) is 7.77. The Morgan fingerprint density at radius 1 is 1.03 bits per heavy atom. The molecule has 0 unspecified atom stereocenters. The Labute approximate surface area is 218 Å². The molecule has 11 heteroatoms. The summed E-state index contributed by atoms with van der Waals surface area (Å²) in [6.45, 7) is 5.97. The first kappa shape index (κ1) is 26.5. The molecule has 0 saturated heterocycles. The van der Waals surface area contributed by atoms with Crippen LogP contribution < -0.4 is 14.3 Å². The van der Waals surface area contributed by atoms with Gasteiger partial charge in [-0.25, -0.2) is 12.8 Å². The predicted molar refractivity (Wildman–Crippen MR) is 141 cm³/mol. The number of thiazole rings is 1. The molecule has 1 aromatic heterocycles. The van der Waals surface area contributed by atoms with Crippen LogP contribution in [0.5, 0.6) is 5.75 Å². The normalized spacial score (nSPS) is 12.1. The third-order valence-electron chi connectivity index (χ3n) is 5.33. The van der Waals surface area contributed by atoms with Crippen molar-refractivity contribution >= 4 is 43.2 Å². The summed E-state index contributed by atoms with van der Waals surface area (Å²) in [4.78, 5) is 17.8. The minimum atomic E-state index is -3.90. The predicted octanol–water partition coefficient (Wildman–Crippen LogP) is 4.82. The molecule has 0 fully saturated rings. The number of rotatable bonds is 10. The lowest BCUT2D eigenvalue weighted by Crippen LogP contribution is -2.19. The first-order valence-corrected chi connectivity index (χ1v) is 13.9. The average molecular weight is 544 g/mol. The molecule has 4 aromatic rings. The largest absolute Gasteiger partial charge is 0.494 e. The maximum atomic E-state index is 13.1. The molecule has 0 atom stereocenters. The van der Waals surface area contributed by atoms with Gasteiger partial charge < -0.3 is 14.0 Å². The number of hydrogen-bond donors (Lipinski definition) is 1. The number of carbonyl (C=O) groups is 1. The van der Waals surface area contributed by atoms with Gasteiger partial charge in [0.15, 0.2) is 4.80 Å². The van der Waals surface area contributed by atoms with Crippen LogP contribution in [0.25, 0.3) is 10.2 Å². The second kappa shape index (κ2) is 11.7. The molecule has 8 nitrogen and oxygen atoms in total. The zero-order valence-corrected chi connectivity index (χ0v) is 21.9. The van der Waals surface area contributed by atoms with Gasteiger partial charge in [0.1, 0.15) is 11.6 Å². The Balaban J connectivity index is 1.59. The Hall–Kier alpha value is -3.54. The summed E-state index contributed by atoms with van der Waals surface area (Å²) in [6.07, 6.45) is 0. The van der Waals surface area contributed by atoms with E-state index in [-0.39, 0.29) is 10.6 Å². The molecule has 1 N–H and O–H groups in total. The number of nitrogens with one attached hydrogen (secondary N) is 1. The molecule has 0 aliphatic carbocycles. The summed E-state index contributed by atoms with van der Waals surface area (Å²) in [5, 5.41) is 0. The zero-order valence-electron chi connectivity index (χ0n) is 20.3. The van der Waals surface area contributed by atoms with Crippen LogP contribution in [-0.4, -0.2) is 38.7 Å². The van der Waals surface area contributed by atoms with Crippen molar-refractivity contribution in [3.63, 3.8) is 0 Å². The topological polar surface area (TPSA) is 99.0 Å². The summed E-state index contributed by atoms with van der Waals surface area (Å²) in [5.41, 5.74) is 1.48. The van der Waals surface area contributed by atoms with Gasteiger partial charge in [0.05, 0.1) is 28.3 Å². The van der Waals surface area contributed by atoms with Crippen molar-refractivity contribution in [2.24, 2.45) is 4.99 Å². The van der Waals surface area contributed by atoms with Crippen molar-refractivity contribution in [1.82, 2.24) is 4.57 Å². The molecule has 0 radical (unpaired) electrons. The summed E-state index contributed by atoms with van der Waals surface area (Å²) in [6, 6.07) is 16.2. The highest BCUT2D eigenvalue weighted by molar-refractivity contribution is 7.92. The first-order valence-electron chi connectivity index (χ1n) is 11.6. The summed E-state index contributed by atoms with van der Waals surface area (Å²) in [7, 11) is -3.90. The molecular formula is C26H26FN3O5S2. The number of benzene rings is 3. The number of aromatic nitrogens is 1. The van der Waals surface area contributed by atoms with Gasteiger partial charge in [-0.15, -0.1) is 0 Å². The van der Waals surface area contributed by atoms with Crippen molar-refractivity contribution in [1.29, 1.82) is 0 Å². The molecule has 1 amide bonds. The fourth-order valence-corrected chi connectivity index (χ4v) is 5.71. The van der Waals surface area contributed by atoms with E-state index in [1.165, 1.54) is 47.7 Å². The van der Waals surface area contributed by atoms with Gasteiger partial charge in [-0.1, -0.05) is 11.3 Å². The Bertz CT molecular complexity index is 1560. The molecule has 37 heavy (non-hydrogen) atoms. The number of halogens is 1. The number of ether oxygens (including phenoxy) is 2. The van der Waals surface area contributed by atoms with E-state index in [9.17, 15) is 17.6 Å². The molecule has 0 bridgehead atoms. The number of fused-ring (bicyclic) bond motifs is 1. The lowest BCUT2D eigenvalue weighted by Gasteiger charge is -2.08. The lowest BCUT2D eigenvalue weighted by molar-refractivity contribution is 0.0996. The summed E-state index contributed by atoms with van der Waals surface area (Å²) < 4.78 is 54.6. The number of amides is 1. The number of sulfonamides is 1. The number of hydrogen-bond acceptors (Lipinski definition) is 6. The molecule has 194 valence electrons. The Kier molecular flexibility index (Phi) is 8.37. The summed E-state index contributed by atoms with van der Waals surface area (Å²) >= 11 is 1.38. The minimum Gasteiger partial charge on any atom is -0.494 e. The average Bonchev–Trinajstić information content (AvgIpc) is 3.21. The zero-order chi connectivity index (χ0) is 26.4. The van der Waals surface area contributed by atoms with E-state index in [1.807, 2.05) is 36.6 Å². The molecule has 4 rings (SSSR count). The molecule has 0 saturated carbocycles. The van der Waals surface area contributed by atoms with E-state index < -0.39 is 21.7 Å².